The summed E-state index contributed by atoms with van der Waals surface area (Å²) in [6, 6.07) is 12.3. The van der Waals surface area contributed by atoms with Gasteiger partial charge in [-0.05, 0) is 48.6 Å². The maximum atomic E-state index is 10.3. The number of hydrogen-bond acceptors (Lipinski definition) is 1. The molecule has 0 unspecified atom stereocenters. The largest absolute Gasteiger partial charge is 0.507 e. The van der Waals surface area contributed by atoms with Crippen LogP contribution in [0.15, 0.2) is 55.1 Å². The third-order valence-electron chi connectivity index (χ3n) is 3.32. The lowest BCUT2D eigenvalue weighted by Crippen LogP contribution is -1.88. The number of phenols is 1. The summed E-state index contributed by atoms with van der Waals surface area (Å²) in [5, 5.41) is 10.3. The fourth-order valence-corrected chi connectivity index (χ4v) is 2.33. The Hall–Kier alpha value is -2.28. The van der Waals surface area contributed by atoms with Crippen molar-refractivity contribution in [3.8, 4) is 16.9 Å². The van der Waals surface area contributed by atoms with E-state index in [0.29, 0.717) is 5.75 Å². The molecule has 0 amide bonds. The van der Waals surface area contributed by atoms with E-state index in [1.165, 1.54) is 5.56 Å². The molecule has 1 heteroatoms. The maximum absolute atomic E-state index is 10.3. The topological polar surface area (TPSA) is 20.2 Å². The summed E-state index contributed by atoms with van der Waals surface area (Å²) in [4.78, 5) is 0. The van der Waals surface area contributed by atoms with Gasteiger partial charge in [-0.1, -0.05) is 48.6 Å². The quantitative estimate of drug-likeness (QED) is 0.759. The van der Waals surface area contributed by atoms with E-state index >= 15 is 0 Å². The number of hydrogen-bond donors (Lipinski definition) is 1. The van der Waals surface area contributed by atoms with Gasteiger partial charge in [0.15, 0.2) is 0 Å². The second-order valence-corrected chi connectivity index (χ2v) is 4.92. The Balaban J connectivity index is 2.47. The lowest BCUT2D eigenvalue weighted by molar-refractivity contribution is 0.473. The molecule has 0 atom stereocenters. The molecule has 0 aliphatic carbocycles. The zero-order chi connectivity index (χ0) is 14.5. The zero-order valence-corrected chi connectivity index (χ0v) is 12.1. The Kier molecular flexibility index (Phi) is 4.41. The summed E-state index contributed by atoms with van der Waals surface area (Å²) >= 11 is 0. The van der Waals surface area contributed by atoms with Crippen molar-refractivity contribution in [2.24, 2.45) is 0 Å². The predicted molar refractivity (Wildman–Crippen MR) is 86.9 cm³/mol. The molecule has 0 radical (unpaired) electrons. The Morgan fingerprint density at radius 2 is 1.85 bits per heavy atom. The van der Waals surface area contributed by atoms with Crippen molar-refractivity contribution in [1.29, 1.82) is 0 Å². The van der Waals surface area contributed by atoms with Gasteiger partial charge in [0.2, 0.25) is 0 Å². The number of allylic oxidation sites excluding steroid dienone is 2. The third kappa shape index (κ3) is 3.00. The molecule has 0 bridgehead atoms. The van der Waals surface area contributed by atoms with Crippen LogP contribution < -0.4 is 0 Å². The van der Waals surface area contributed by atoms with Gasteiger partial charge in [-0.2, -0.15) is 0 Å². The van der Waals surface area contributed by atoms with Crippen LogP contribution in [0.1, 0.15) is 23.6 Å². The monoisotopic (exact) mass is 264 g/mol. The Morgan fingerprint density at radius 3 is 2.45 bits per heavy atom. The minimum atomic E-state index is 0.358. The van der Waals surface area contributed by atoms with Crippen LogP contribution in [0.4, 0.5) is 0 Å². The van der Waals surface area contributed by atoms with Crippen molar-refractivity contribution in [3.05, 3.63) is 71.8 Å². The summed E-state index contributed by atoms with van der Waals surface area (Å²) < 4.78 is 0. The van der Waals surface area contributed by atoms with Crippen LogP contribution in [0.5, 0.6) is 5.75 Å². The highest BCUT2D eigenvalue weighted by molar-refractivity contribution is 5.73. The smallest absolute Gasteiger partial charge is 0.126 e. The van der Waals surface area contributed by atoms with E-state index in [2.05, 4.69) is 24.8 Å². The molecule has 0 spiro atoms. The van der Waals surface area contributed by atoms with Gasteiger partial charge in [-0.3, -0.25) is 0 Å². The summed E-state index contributed by atoms with van der Waals surface area (Å²) in [7, 11) is 0. The first-order valence-electron chi connectivity index (χ1n) is 6.82. The van der Waals surface area contributed by atoms with E-state index in [1.54, 1.807) is 0 Å². The first-order valence-corrected chi connectivity index (χ1v) is 6.82. The van der Waals surface area contributed by atoms with Crippen molar-refractivity contribution in [2.45, 2.75) is 20.3 Å². The molecule has 2 rings (SSSR count). The van der Waals surface area contributed by atoms with Gasteiger partial charge in [-0.25, -0.2) is 0 Å². The molecule has 0 aliphatic heterocycles. The molecule has 1 N–H and O–H groups in total. The van der Waals surface area contributed by atoms with Gasteiger partial charge < -0.3 is 5.11 Å². The number of aryl methyl sites for hydroxylation is 1. The molecule has 20 heavy (non-hydrogen) atoms. The van der Waals surface area contributed by atoms with Crippen LogP contribution in [-0.4, -0.2) is 5.11 Å². The minimum Gasteiger partial charge on any atom is -0.507 e. The molecule has 0 aliphatic rings. The molecule has 0 aromatic heterocycles. The molecule has 1 nitrogen and oxygen atoms in total. The molecular formula is C19H20O. The molecule has 0 fully saturated rings. The fraction of sp³-hybridized carbons (Fsp3) is 0.158. The van der Waals surface area contributed by atoms with Gasteiger partial charge >= 0.3 is 0 Å². The number of aromatic hydroxyl groups is 1. The van der Waals surface area contributed by atoms with E-state index in [-0.39, 0.29) is 0 Å². The Labute approximate surface area is 120 Å². The molecular weight excluding hydrogens is 244 g/mol. The van der Waals surface area contributed by atoms with Crippen LogP contribution in [-0.2, 0) is 6.42 Å². The van der Waals surface area contributed by atoms with E-state index in [0.717, 1.165) is 28.7 Å². The number of benzene rings is 2. The maximum Gasteiger partial charge on any atom is 0.126 e. The van der Waals surface area contributed by atoms with Gasteiger partial charge in [-0.15, -0.1) is 6.58 Å². The van der Waals surface area contributed by atoms with E-state index in [9.17, 15) is 5.11 Å². The molecule has 0 saturated heterocycles. The Bertz CT molecular complexity index is 634. The van der Waals surface area contributed by atoms with Crippen molar-refractivity contribution < 1.29 is 5.11 Å². The fourth-order valence-electron chi connectivity index (χ4n) is 2.33. The van der Waals surface area contributed by atoms with Crippen LogP contribution in [0, 0.1) is 6.92 Å². The average molecular weight is 264 g/mol. The van der Waals surface area contributed by atoms with E-state index < -0.39 is 0 Å². The Morgan fingerprint density at radius 1 is 1.15 bits per heavy atom. The third-order valence-corrected chi connectivity index (χ3v) is 3.32. The summed E-state index contributed by atoms with van der Waals surface area (Å²) in [5.41, 5.74) is 5.15. The van der Waals surface area contributed by atoms with Gasteiger partial charge in [0.05, 0.1) is 0 Å². The van der Waals surface area contributed by atoms with Gasteiger partial charge in [0.25, 0.3) is 0 Å². The predicted octanol–water partition coefficient (Wildman–Crippen LogP) is 5.13. The summed E-state index contributed by atoms with van der Waals surface area (Å²) in [6.45, 7) is 7.70. The molecule has 102 valence electrons. The standard InChI is InChI=1S/C19H20O/c1-4-6-15-8-10-17(11-9-15)18-13-16(7-5-2)12-14(3)19(18)20/h4-6,8-13,20H,2,7H2,1,3H3/b6-4+. The number of rotatable bonds is 4. The molecule has 0 saturated carbocycles. The molecule has 0 heterocycles. The van der Waals surface area contributed by atoms with Crippen LogP contribution in [0.2, 0.25) is 0 Å². The van der Waals surface area contributed by atoms with E-state index in [1.807, 2.05) is 50.3 Å². The highest BCUT2D eigenvalue weighted by atomic mass is 16.3. The molecule has 2 aromatic carbocycles. The lowest BCUT2D eigenvalue weighted by Gasteiger charge is -2.10. The second-order valence-electron chi connectivity index (χ2n) is 4.92. The van der Waals surface area contributed by atoms with Crippen molar-refractivity contribution in [2.75, 3.05) is 0 Å². The van der Waals surface area contributed by atoms with Crippen molar-refractivity contribution in [3.63, 3.8) is 0 Å². The van der Waals surface area contributed by atoms with Crippen molar-refractivity contribution in [1.82, 2.24) is 0 Å². The minimum absolute atomic E-state index is 0.358. The highest BCUT2D eigenvalue weighted by Gasteiger charge is 2.08. The SMILES string of the molecule is C=CCc1cc(C)c(O)c(-c2ccc(/C=C/C)cc2)c1. The highest BCUT2D eigenvalue weighted by Crippen LogP contribution is 2.33. The summed E-state index contributed by atoms with van der Waals surface area (Å²) in [5.74, 6) is 0.358. The first-order chi connectivity index (χ1) is 9.65. The first kappa shape index (κ1) is 14.1. The normalized spacial score (nSPS) is 10.9. The lowest BCUT2D eigenvalue weighted by atomic mass is 9.96. The van der Waals surface area contributed by atoms with Gasteiger partial charge in [0, 0.05) is 5.56 Å². The zero-order valence-electron chi connectivity index (χ0n) is 12.1. The average Bonchev–Trinajstić information content (AvgIpc) is 2.44. The summed E-state index contributed by atoms with van der Waals surface area (Å²) in [6.07, 6.45) is 6.76. The van der Waals surface area contributed by atoms with E-state index in [4.69, 9.17) is 0 Å². The van der Waals surface area contributed by atoms with Crippen LogP contribution in [0.3, 0.4) is 0 Å². The molecule has 2 aromatic rings. The van der Waals surface area contributed by atoms with Crippen molar-refractivity contribution >= 4 is 6.08 Å². The second kappa shape index (κ2) is 6.25. The van der Waals surface area contributed by atoms with Crippen LogP contribution >= 0.6 is 0 Å². The van der Waals surface area contributed by atoms with Gasteiger partial charge in [0.1, 0.15) is 5.75 Å². The number of phenolic OH excluding ortho intramolecular Hbond substituents is 1. The van der Waals surface area contributed by atoms with Crippen LogP contribution in [0.25, 0.3) is 17.2 Å².